The monoisotopic (exact) mass is 606 g/mol. The number of hydrogen-bond donors (Lipinski definition) is 3. The fourth-order valence-electron chi connectivity index (χ4n) is 5.61. The summed E-state index contributed by atoms with van der Waals surface area (Å²) in [4.78, 5) is 26.8. The average molecular weight is 607 g/mol. The van der Waals surface area contributed by atoms with Crippen LogP contribution in [0.3, 0.4) is 0 Å². The van der Waals surface area contributed by atoms with Gasteiger partial charge in [-0.1, -0.05) is 36.4 Å². The zero-order valence-electron chi connectivity index (χ0n) is 24.2. The number of esters is 1. The fourth-order valence-corrected chi connectivity index (χ4v) is 5.61. The number of aromatic nitrogens is 1. The molecule has 3 aromatic carbocycles. The number of hydrogen-bond acceptors (Lipinski definition) is 7. The molecule has 0 saturated heterocycles. The molecule has 0 spiro atoms. The molecule has 1 aliphatic carbocycles. The van der Waals surface area contributed by atoms with Crippen molar-refractivity contribution in [3.8, 4) is 11.5 Å². The Kier molecular flexibility index (Phi) is 7.33. The van der Waals surface area contributed by atoms with E-state index in [1.807, 2.05) is 36.4 Å². The molecule has 44 heavy (non-hydrogen) atoms. The highest BCUT2D eigenvalue weighted by Crippen LogP contribution is 2.52. The van der Waals surface area contributed by atoms with E-state index in [9.17, 15) is 28.6 Å². The Labute approximate surface area is 252 Å². The van der Waals surface area contributed by atoms with Crippen molar-refractivity contribution < 1.29 is 42.8 Å². The second-order valence-corrected chi connectivity index (χ2v) is 11.8. The van der Waals surface area contributed by atoms with E-state index >= 15 is 0 Å². The largest absolute Gasteiger partial charge is 0.586 e. The molecule has 1 saturated carbocycles. The minimum absolute atomic E-state index is 0.0305. The zero-order valence-corrected chi connectivity index (χ0v) is 24.2. The van der Waals surface area contributed by atoms with E-state index in [1.165, 1.54) is 12.1 Å². The third-order valence-electron chi connectivity index (χ3n) is 8.27. The van der Waals surface area contributed by atoms with Crippen LogP contribution in [0, 0.1) is 0 Å². The molecule has 4 aromatic rings. The van der Waals surface area contributed by atoms with Crippen molar-refractivity contribution in [1.82, 2.24) is 4.57 Å². The highest BCUT2D eigenvalue weighted by Gasteiger charge is 2.53. The van der Waals surface area contributed by atoms with Gasteiger partial charge < -0.3 is 34.3 Å². The molecule has 1 amide bonds. The first-order valence-corrected chi connectivity index (χ1v) is 14.3. The number of rotatable bonds is 10. The minimum atomic E-state index is -3.75. The van der Waals surface area contributed by atoms with Crippen molar-refractivity contribution in [2.24, 2.45) is 0 Å². The summed E-state index contributed by atoms with van der Waals surface area (Å²) in [7, 11) is 0. The Morgan fingerprint density at radius 1 is 1.02 bits per heavy atom. The molecule has 0 unspecified atom stereocenters. The average Bonchev–Trinajstić information content (AvgIpc) is 3.65. The molecule has 2 aliphatic rings. The van der Waals surface area contributed by atoms with E-state index in [2.05, 4.69) is 14.8 Å². The Morgan fingerprint density at radius 3 is 2.45 bits per heavy atom. The Balaban J connectivity index is 1.26. The number of alkyl halides is 2. The van der Waals surface area contributed by atoms with E-state index in [1.54, 1.807) is 42.7 Å². The van der Waals surface area contributed by atoms with Gasteiger partial charge in [0.15, 0.2) is 11.5 Å². The lowest BCUT2D eigenvalue weighted by Gasteiger charge is -2.26. The van der Waals surface area contributed by atoms with E-state index in [-0.39, 0.29) is 30.6 Å². The fraction of sp³-hybridized carbons (Fsp3) is 0.333. The van der Waals surface area contributed by atoms with Crippen molar-refractivity contribution in [3.05, 3.63) is 89.6 Å². The number of fused-ring (bicyclic) bond motifs is 2. The van der Waals surface area contributed by atoms with Crippen LogP contribution in [0.2, 0.25) is 0 Å². The predicted octanol–water partition coefficient (Wildman–Crippen LogP) is 5.01. The molecular weight excluding hydrogens is 574 g/mol. The number of amides is 1. The molecule has 1 aliphatic heterocycles. The van der Waals surface area contributed by atoms with Gasteiger partial charge in [-0.3, -0.25) is 9.59 Å². The molecule has 230 valence electrons. The predicted molar refractivity (Wildman–Crippen MR) is 156 cm³/mol. The maximum atomic E-state index is 13.5. The number of aliphatic hydroxyl groups excluding tert-OH is 2. The SMILES string of the molecule is CC(C)(C(=O)OCc1ccccc1)c1cc2cc(NC(=O)C3(c4ccc5c(c4)OC(F)(F)O5)CC3)ccc2n1C[C@@H](O)CO. The third kappa shape index (κ3) is 5.48. The van der Waals surface area contributed by atoms with Gasteiger partial charge in [-0.2, -0.15) is 0 Å². The zero-order chi connectivity index (χ0) is 31.3. The van der Waals surface area contributed by atoms with Crippen LogP contribution >= 0.6 is 0 Å². The van der Waals surface area contributed by atoms with E-state index < -0.39 is 35.8 Å². The van der Waals surface area contributed by atoms with Crippen molar-refractivity contribution in [1.29, 1.82) is 0 Å². The summed E-state index contributed by atoms with van der Waals surface area (Å²) in [5.74, 6) is -0.951. The van der Waals surface area contributed by atoms with Gasteiger partial charge in [-0.05, 0) is 74.2 Å². The molecule has 0 bridgehead atoms. The summed E-state index contributed by atoms with van der Waals surface area (Å²) in [6.45, 7) is 3.13. The number of nitrogens with zero attached hydrogens (tertiary/aromatic N) is 1. The molecule has 1 fully saturated rings. The van der Waals surface area contributed by atoms with Gasteiger partial charge in [-0.25, -0.2) is 0 Å². The van der Waals surface area contributed by atoms with Crippen molar-refractivity contribution >= 4 is 28.5 Å². The number of carbonyl (C=O) groups excluding carboxylic acids is 2. The molecule has 3 N–H and O–H groups in total. The van der Waals surface area contributed by atoms with Gasteiger partial charge in [0, 0.05) is 22.3 Å². The number of halogens is 2. The summed E-state index contributed by atoms with van der Waals surface area (Å²) >= 11 is 0. The maximum Gasteiger partial charge on any atom is 0.586 e. The number of benzene rings is 3. The topological polar surface area (TPSA) is 119 Å². The van der Waals surface area contributed by atoms with Crippen molar-refractivity contribution in [2.75, 3.05) is 11.9 Å². The number of ether oxygens (including phenoxy) is 3. The lowest BCUT2D eigenvalue weighted by atomic mass is 9.89. The van der Waals surface area contributed by atoms with Crippen LogP contribution in [0.15, 0.2) is 72.8 Å². The number of aliphatic hydroxyl groups is 2. The summed E-state index contributed by atoms with van der Waals surface area (Å²) in [5, 5.41) is 23.5. The molecule has 1 aromatic heterocycles. The Hall–Kier alpha value is -4.48. The molecule has 9 nitrogen and oxygen atoms in total. The van der Waals surface area contributed by atoms with Crippen LogP contribution in [0.4, 0.5) is 14.5 Å². The highest BCUT2D eigenvalue weighted by molar-refractivity contribution is 6.03. The van der Waals surface area contributed by atoms with Crippen LogP contribution in [0.5, 0.6) is 11.5 Å². The maximum absolute atomic E-state index is 13.5. The highest BCUT2D eigenvalue weighted by atomic mass is 19.3. The van der Waals surface area contributed by atoms with Gasteiger partial charge >= 0.3 is 12.3 Å². The van der Waals surface area contributed by atoms with Gasteiger partial charge in [0.05, 0.1) is 24.7 Å². The summed E-state index contributed by atoms with van der Waals surface area (Å²) in [6, 6.07) is 20.8. The first kappa shape index (κ1) is 29.6. The Bertz CT molecular complexity index is 1730. The van der Waals surface area contributed by atoms with E-state index in [4.69, 9.17) is 4.74 Å². The summed E-state index contributed by atoms with van der Waals surface area (Å²) < 4.78 is 43.5. The minimum Gasteiger partial charge on any atom is -0.460 e. The second-order valence-electron chi connectivity index (χ2n) is 11.8. The van der Waals surface area contributed by atoms with E-state index in [0.29, 0.717) is 40.7 Å². The second kappa shape index (κ2) is 10.9. The summed E-state index contributed by atoms with van der Waals surface area (Å²) in [5.41, 5.74) is 1.14. The smallest absolute Gasteiger partial charge is 0.460 e. The Morgan fingerprint density at radius 2 is 1.75 bits per heavy atom. The number of anilines is 1. The van der Waals surface area contributed by atoms with Crippen LogP contribution in [-0.4, -0.2) is 45.7 Å². The normalized spacial score (nSPS) is 16.9. The van der Waals surface area contributed by atoms with Crippen LogP contribution in [0.1, 0.15) is 43.5 Å². The molecule has 2 heterocycles. The lowest BCUT2D eigenvalue weighted by Crippen LogP contribution is -2.34. The van der Waals surface area contributed by atoms with Gasteiger partial charge in [0.25, 0.3) is 0 Å². The first-order valence-electron chi connectivity index (χ1n) is 14.3. The lowest BCUT2D eigenvalue weighted by molar-refractivity contribution is -0.286. The molecule has 11 heteroatoms. The molecule has 1 atom stereocenters. The standard InChI is InChI=1S/C33H32F2N2O7/c1-31(2,30(41)42-19-20-6-4-3-5-7-20)28-15-21-14-23(9-10-25(21)37(28)17-24(39)18-38)36-29(40)32(12-13-32)22-8-11-26-27(16-22)44-33(34,35)43-26/h3-11,14-16,24,38-39H,12-13,17-19H2,1-2H3,(H,36,40)/t24-/m1/s1. The quantitative estimate of drug-likeness (QED) is 0.217. The van der Waals surface area contributed by atoms with Crippen LogP contribution in [-0.2, 0) is 38.3 Å². The summed E-state index contributed by atoms with van der Waals surface area (Å²) in [6.07, 6.45) is -3.74. The van der Waals surface area contributed by atoms with Crippen molar-refractivity contribution in [3.63, 3.8) is 0 Å². The van der Waals surface area contributed by atoms with E-state index in [0.717, 1.165) is 5.56 Å². The van der Waals surface area contributed by atoms with Crippen molar-refractivity contribution in [2.45, 2.75) is 63.1 Å². The third-order valence-corrected chi connectivity index (χ3v) is 8.27. The van der Waals surface area contributed by atoms with Gasteiger partial charge in [-0.15, -0.1) is 8.78 Å². The molecule has 6 rings (SSSR count). The number of nitrogens with one attached hydrogen (secondary N) is 1. The van der Waals surface area contributed by atoms with Crippen LogP contribution < -0.4 is 14.8 Å². The van der Waals surface area contributed by atoms with Gasteiger partial charge in [0.2, 0.25) is 5.91 Å². The number of carbonyl (C=O) groups is 2. The molecular formula is C33H32F2N2O7. The van der Waals surface area contributed by atoms with Crippen LogP contribution in [0.25, 0.3) is 10.9 Å². The molecule has 0 radical (unpaired) electrons. The first-order chi connectivity index (χ1) is 20.9. The van der Waals surface area contributed by atoms with Gasteiger partial charge in [0.1, 0.15) is 12.0 Å².